The van der Waals surface area contributed by atoms with Gasteiger partial charge in [0.1, 0.15) is 0 Å². The fourth-order valence-electron chi connectivity index (χ4n) is 2.55. The number of carbonyl (C=O) groups is 1. The van der Waals surface area contributed by atoms with Gasteiger partial charge in [-0.2, -0.15) is 0 Å². The summed E-state index contributed by atoms with van der Waals surface area (Å²) in [6, 6.07) is 8.41. The summed E-state index contributed by atoms with van der Waals surface area (Å²) >= 11 is 0. The molecule has 1 unspecified atom stereocenters. The zero-order valence-corrected chi connectivity index (χ0v) is 11.8. The van der Waals surface area contributed by atoms with Crippen LogP contribution in [0.3, 0.4) is 0 Å². The highest BCUT2D eigenvalue weighted by Crippen LogP contribution is 2.31. The minimum absolute atomic E-state index is 0.116. The third-order valence-corrected chi connectivity index (χ3v) is 3.71. The summed E-state index contributed by atoms with van der Waals surface area (Å²) in [6.45, 7) is 1.74. The predicted molar refractivity (Wildman–Crippen MR) is 78.1 cm³/mol. The summed E-state index contributed by atoms with van der Waals surface area (Å²) < 4.78 is 0. The smallest absolute Gasteiger partial charge is 0.223 e. The maximum atomic E-state index is 11.7. The molecule has 2 N–H and O–H groups in total. The van der Waals surface area contributed by atoms with Crippen molar-refractivity contribution < 1.29 is 4.79 Å². The first-order valence-electron chi connectivity index (χ1n) is 6.89. The summed E-state index contributed by atoms with van der Waals surface area (Å²) in [5.74, 6) is 0.172. The Bertz CT molecular complexity index is 445. The summed E-state index contributed by atoms with van der Waals surface area (Å²) in [6.07, 6.45) is 2.64. The van der Waals surface area contributed by atoms with Gasteiger partial charge in [0.25, 0.3) is 0 Å². The van der Waals surface area contributed by atoms with E-state index in [1.54, 1.807) is 19.0 Å². The molecule has 4 nitrogen and oxygen atoms in total. The number of anilines is 1. The Labute approximate surface area is 115 Å². The fourth-order valence-corrected chi connectivity index (χ4v) is 2.55. The lowest BCUT2D eigenvalue weighted by molar-refractivity contribution is -0.128. The molecule has 1 aromatic rings. The number of para-hydroxylation sites is 1. The molecule has 0 aliphatic carbocycles. The first-order chi connectivity index (χ1) is 9.09. The highest BCUT2D eigenvalue weighted by Gasteiger charge is 2.20. The minimum atomic E-state index is 0.116. The Morgan fingerprint density at radius 3 is 2.89 bits per heavy atom. The first kappa shape index (κ1) is 13.9. The molecule has 0 saturated heterocycles. The second-order valence-electron chi connectivity index (χ2n) is 5.33. The van der Waals surface area contributed by atoms with Gasteiger partial charge in [-0.1, -0.05) is 18.2 Å². The van der Waals surface area contributed by atoms with E-state index in [4.69, 9.17) is 5.73 Å². The molecule has 0 spiro atoms. The molecule has 0 fully saturated rings. The molecule has 0 aromatic heterocycles. The van der Waals surface area contributed by atoms with E-state index in [0.29, 0.717) is 6.42 Å². The number of nitrogens with two attached hydrogens (primary N) is 1. The molecule has 0 saturated carbocycles. The van der Waals surface area contributed by atoms with Crippen LogP contribution in [-0.2, 0) is 4.79 Å². The molecule has 1 aliphatic rings. The molecule has 2 rings (SSSR count). The van der Waals surface area contributed by atoms with Crippen molar-refractivity contribution in [1.82, 2.24) is 4.90 Å². The van der Waals surface area contributed by atoms with E-state index in [1.165, 1.54) is 11.3 Å². The van der Waals surface area contributed by atoms with Crippen LogP contribution >= 0.6 is 0 Å². The normalized spacial score (nSPS) is 18.7. The second kappa shape index (κ2) is 6.06. The summed E-state index contributed by atoms with van der Waals surface area (Å²) in [5, 5.41) is 0. The van der Waals surface area contributed by atoms with Crippen molar-refractivity contribution in [3.05, 3.63) is 29.8 Å². The van der Waals surface area contributed by atoms with Crippen LogP contribution in [0.15, 0.2) is 24.3 Å². The molecule has 104 valence electrons. The van der Waals surface area contributed by atoms with Crippen molar-refractivity contribution >= 4 is 11.6 Å². The zero-order valence-electron chi connectivity index (χ0n) is 11.8. The van der Waals surface area contributed by atoms with Crippen molar-refractivity contribution in [2.45, 2.75) is 25.3 Å². The molecule has 1 heterocycles. The molecule has 19 heavy (non-hydrogen) atoms. The highest BCUT2D eigenvalue weighted by molar-refractivity contribution is 5.76. The maximum absolute atomic E-state index is 11.7. The van der Waals surface area contributed by atoms with Gasteiger partial charge in [-0.05, 0) is 24.5 Å². The number of nitrogens with zero attached hydrogens (tertiary/aromatic N) is 2. The van der Waals surface area contributed by atoms with E-state index in [0.717, 1.165) is 25.9 Å². The molecule has 0 bridgehead atoms. The highest BCUT2D eigenvalue weighted by atomic mass is 16.2. The van der Waals surface area contributed by atoms with Crippen molar-refractivity contribution in [3.8, 4) is 0 Å². The predicted octanol–water partition coefficient (Wildman–Crippen LogP) is 1.76. The van der Waals surface area contributed by atoms with E-state index >= 15 is 0 Å². The second-order valence-corrected chi connectivity index (χ2v) is 5.33. The van der Waals surface area contributed by atoms with Gasteiger partial charge in [-0.25, -0.2) is 0 Å². The molecule has 1 amide bonds. The molecule has 0 radical (unpaired) electrons. The van der Waals surface area contributed by atoms with Crippen LogP contribution < -0.4 is 10.6 Å². The number of amides is 1. The lowest BCUT2D eigenvalue weighted by atomic mass is 10.0. The van der Waals surface area contributed by atoms with Gasteiger partial charge in [0, 0.05) is 45.3 Å². The van der Waals surface area contributed by atoms with Crippen LogP contribution in [-0.4, -0.2) is 38.0 Å². The lowest BCUT2D eigenvalue weighted by Gasteiger charge is -2.25. The summed E-state index contributed by atoms with van der Waals surface area (Å²) in [5.41, 5.74) is 8.61. The van der Waals surface area contributed by atoms with Crippen molar-refractivity contribution in [3.63, 3.8) is 0 Å². The third kappa shape index (κ3) is 3.26. The lowest BCUT2D eigenvalue weighted by Crippen LogP contribution is -2.31. The van der Waals surface area contributed by atoms with Crippen LogP contribution in [0.2, 0.25) is 0 Å². The Balaban J connectivity index is 2.12. The van der Waals surface area contributed by atoms with Crippen LogP contribution in [0.1, 0.15) is 30.9 Å². The quantitative estimate of drug-likeness (QED) is 0.902. The average molecular weight is 261 g/mol. The monoisotopic (exact) mass is 261 g/mol. The van der Waals surface area contributed by atoms with Gasteiger partial charge in [-0.3, -0.25) is 4.79 Å². The van der Waals surface area contributed by atoms with Gasteiger partial charge in [0.05, 0.1) is 0 Å². The average Bonchev–Trinajstić information content (AvgIpc) is 2.56. The van der Waals surface area contributed by atoms with Crippen LogP contribution in [0, 0.1) is 0 Å². The number of rotatable bonds is 3. The van der Waals surface area contributed by atoms with E-state index in [-0.39, 0.29) is 11.9 Å². The maximum Gasteiger partial charge on any atom is 0.223 e. The van der Waals surface area contributed by atoms with Gasteiger partial charge in [0.2, 0.25) is 5.91 Å². The van der Waals surface area contributed by atoms with Crippen molar-refractivity contribution in [2.24, 2.45) is 5.73 Å². The Morgan fingerprint density at radius 2 is 2.16 bits per heavy atom. The number of benzene rings is 1. The minimum Gasteiger partial charge on any atom is -0.371 e. The molecule has 1 atom stereocenters. The van der Waals surface area contributed by atoms with E-state index in [2.05, 4.69) is 17.0 Å². The summed E-state index contributed by atoms with van der Waals surface area (Å²) in [7, 11) is 3.60. The van der Waals surface area contributed by atoms with E-state index in [1.807, 2.05) is 12.1 Å². The summed E-state index contributed by atoms with van der Waals surface area (Å²) in [4.78, 5) is 15.7. The number of fused-ring (bicyclic) bond motifs is 1. The van der Waals surface area contributed by atoms with Gasteiger partial charge in [-0.15, -0.1) is 0 Å². The fraction of sp³-hybridized carbons (Fsp3) is 0.533. The van der Waals surface area contributed by atoms with Crippen LogP contribution in [0.25, 0.3) is 0 Å². The standard InChI is InChI=1S/C15H23N3O/c1-17(2)15(19)9-11-18-10-5-7-13(16)12-6-3-4-8-14(12)18/h3-4,6,8,13H,5,7,9-11,16H2,1-2H3. The van der Waals surface area contributed by atoms with Crippen molar-refractivity contribution in [1.29, 1.82) is 0 Å². The van der Waals surface area contributed by atoms with Gasteiger partial charge in [0.15, 0.2) is 0 Å². The molecular weight excluding hydrogens is 238 g/mol. The number of hydrogen-bond donors (Lipinski definition) is 1. The Kier molecular flexibility index (Phi) is 4.43. The van der Waals surface area contributed by atoms with E-state index in [9.17, 15) is 4.79 Å². The molecular formula is C15H23N3O. The Morgan fingerprint density at radius 1 is 1.42 bits per heavy atom. The number of carbonyl (C=O) groups excluding carboxylic acids is 1. The third-order valence-electron chi connectivity index (χ3n) is 3.71. The SMILES string of the molecule is CN(C)C(=O)CCN1CCCC(N)c2ccccc21. The van der Waals surface area contributed by atoms with Gasteiger partial charge >= 0.3 is 0 Å². The molecule has 1 aliphatic heterocycles. The Hall–Kier alpha value is -1.55. The molecule has 4 heteroatoms. The largest absolute Gasteiger partial charge is 0.371 e. The van der Waals surface area contributed by atoms with Crippen molar-refractivity contribution in [2.75, 3.05) is 32.1 Å². The van der Waals surface area contributed by atoms with Crippen LogP contribution in [0.4, 0.5) is 5.69 Å². The van der Waals surface area contributed by atoms with Crippen LogP contribution in [0.5, 0.6) is 0 Å². The molecule has 1 aromatic carbocycles. The first-order valence-corrected chi connectivity index (χ1v) is 6.89. The number of hydrogen-bond acceptors (Lipinski definition) is 3. The van der Waals surface area contributed by atoms with Gasteiger partial charge < -0.3 is 15.5 Å². The zero-order chi connectivity index (χ0) is 13.8. The van der Waals surface area contributed by atoms with E-state index < -0.39 is 0 Å². The topological polar surface area (TPSA) is 49.6 Å².